The van der Waals surface area contributed by atoms with Crippen LogP contribution in [0.3, 0.4) is 0 Å². The van der Waals surface area contributed by atoms with Crippen LogP contribution < -0.4 is 16.8 Å². The maximum Gasteiger partial charge on any atom is 0.286 e. The van der Waals surface area contributed by atoms with Crippen LogP contribution in [0.1, 0.15) is 32.1 Å². The lowest BCUT2D eigenvalue weighted by molar-refractivity contribution is 0.0986. The molecule has 0 aliphatic heterocycles. The summed E-state index contributed by atoms with van der Waals surface area (Å²) >= 11 is 0. The third-order valence-corrected chi connectivity index (χ3v) is 4.67. The highest BCUT2D eigenvalue weighted by Crippen LogP contribution is 2.27. The number of rotatable bonds is 6. The highest BCUT2D eigenvalue weighted by Gasteiger charge is 2.19. The van der Waals surface area contributed by atoms with Crippen molar-refractivity contribution in [2.45, 2.75) is 13.5 Å². The van der Waals surface area contributed by atoms with Gasteiger partial charge in [-0.05, 0) is 48.4 Å². The monoisotopic (exact) mass is 419 g/mol. The van der Waals surface area contributed by atoms with E-state index < -0.39 is 11.8 Å². The molecule has 10 heteroatoms. The fourth-order valence-electron chi connectivity index (χ4n) is 3.32. The summed E-state index contributed by atoms with van der Waals surface area (Å²) in [6, 6.07) is 11.1. The standard InChI is InChI=1S/C21H18FN7O2/c1-11-8-15-14(17(23)30)6-3-7-29(15)16(11)19-26-20(18(24)31)28-21(27-19)25-10-12-4-2-5-13(22)9-12/h2-9H,10H2,1H3,(H2,23,30)(H2,24,31)(H,25,26,27,28). The lowest BCUT2D eigenvalue weighted by Gasteiger charge is -2.10. The van der Waals surface area contributed by atoms with E-state index in [0.29, 0.717) is 22.3 Å². The Labute approximate surface area is 176 Å². The molecule has 3 aromatic heterocycles. The number of carbonyl (C=O) groups is 2. The first-order valence-corrected chi connectivity index (χ1v) is 9.28. The Morgan fingerprint density at radius 3 is 2.58 bits per heavy atom. The summed E-state index contributed by atoms with van der Waals surface area (Å²) in [5.74, 6) is -1.70. The number of benzene rings is 1. The SMILES string of the molecule is Cc1cc2c(C(N)=O)cccn2c1-c1nc(NCc2cccc(F)c2)nc(C(N)=O)n1. The van der Waals surface area contributed by atoms with E-state index in [0.717, 1.165) is 5.56 Å². The Morgan fingerprint density at radius 1 is 1.06 bits per heavy atom. The Kier molecular flexibility index (Phi) is 5.04. The number of primary amides is 2. The molecule has 0 atom stereocenters. The van der Waals surface area contributed by atoms with E-state index in [9.17, 15) is 14.0 Å². The fraction of sp³-hybridized carbons (Fsp3) is 0.0952. The molecule has 4 rings (SSSR count). The Balaban J connectivity index is 1.80. The molecule has 2 amide bonds. The molecule has 0 aliphatic carbocycles. The van der Waals surface area contributed by atoms with Crippen LogP contribution >= 0.6 is 0 Å². The molecule has 0 aliphatic rings. The number of aromatic nitrogens is 4. The van der Waals surface area contributed by atoms with E-state index >= 15 is 0 Å². The Morgan fingerprint density at radius 2 is 1.87 bits per heavy atom. The predicted octanol–water partition coefficient (Wildman–Crippen LogP) is 2.05. The number of hydrogen-bond acceptors (Lipinski definition) is 6. The van der Waals surface area contributed by atoms with Crippen LogP contribution in [-0.4, -0.2) is 31.2 Å². The van der Waals surface area contributed by atoms with Gasteiger partial charge in [-0.3, -0.25) is 9.59 Å². The molecule has 4 aromatic rings. The van der Waals surface area contributed by atoms with Gasteiger partial charge in [0.1, 0.15) is 5.82 Å². The fourth-order valence-corrected chi connectivity index (χ4v) is 3.32. The number of nitrogens with two attached hydrogens (primary N) is 2. The zero-order valence-electron chi connectivity index (χ0n) is 16.5. The molecule has 1 aromatic carbocycles. The van der Waals surface area contributed by atoms with Crippen LogP contribution in [0.2, 0.25) is 0 Å². The second kappa shape index (κ2) is 7.82. The summed E-state index contributed by atoms with van der Waals surface area (Å²) in [6.45, 7) is 2.04. The number of nitrogens with zero attached hydrogens (tertiary/aromatic N) is 4. The highest BCUT2D eigenvalue weighted by molar-refractivity contribution is 6.00. The van der Waals surface area contributed by atoms with Crippen LogP contribution in [0.4, 0.5) is 10.3 Å². The van der Waals surface area contributed by atoms with Gasteiger partial charge in [-0.15, -0.1) is 0 Å². The van der Waals surface area contributed by atoms with Crippen LogP contribution in [0.15, 0.2) is 48.7 Å². The van der Waals surface area contributed by atoms with Crippen molar-refractivity contribution in [2.24, 2.45) is 11.5 Å². The average Bonchev–Trinajstić information content (AvgIpc) is 3.07. The average molecular weight is 419 g/mol. The maximum absolute atomic E-state index is 13.4. The largest absolute Gasteiger partial charge is 0.366 e. The van der Waals surface area contributed by atoms with Crippen molar-refractivity contribution < 1.29 is 14.0 Å². The van der Waals surface area contributed by atoms with Crippen LogP contribution in [0.25, 0.3) is 17.0 Å². The smallest absolute Gasteiger partial charge is 0.286 e. The van der Waals surface area contributed by atoms with Crippen molar-refractivity contribution in [3.05, 3.63) is 77.0 Å². The molecule has 0 radical (unpaired) electrons. The minimum absolute atomic E-state index is 0.100. The second-order valence-corrected chi connectivity index (χ2v) is 6.87. The number of halogens is 1. The van der Waals surface area contributed by atoms with Crippen LogP contribution in [-0.2, 0) is 6.54 Å². The third-order valence-electron chi connectivity index (χ3n) is 4.67. The number of fused-ring (bicyclic) bond motifs is 1. The number of aryl methyl sites for hydroxylation is 1. The summed E-state index contributed by atoms with van der Waals surface area (Å²) in [7, 11) is 0. The topological polar surface area (TPSA) is 141 Å². The predicted molar refractivity (Wildman–Crippen MR) is 112 cm³/mol. The molecule has 3 heterocycles. The van der Waals surface area contributed by atoms with E-state index in [-0.39, 0.29) is 30.0 Å². The molecule has 0 bridgehead atoms. The summed E-state index contributed by atoms with van der Waals surface area (Å²) in [6.07, 6.45) is 1.73. The van der Waals surface area contributed by atoms with Gasteiger partial charge >= 0.3 is 0 Å². The lowest BCUT2D eigenvalue weighted by Crippen LogP contribution is -2.18. The van der Waals surface area contributed by atoms with Crippen molar-refractivity contribution in [3.8, 4) is 11.5 Å². The van der Waals surface area contributed by atoms with Gasteiger partial charge in [-0.1, -0.05) is 12.1 Å². The zero-order valence-corrected chi connectivity index (χ0v) is 16.5. The van der Waals surface area contributed by atoms with Gasteiger partial charge in [-0.2, -0.15) is 9.97 Å². The molecule has 5 N–H and O–H groups in total. The minimum Gasteiger partial charge on any atom is -0.366 e. The third kappa shape index (κ3) is 3.90. The highest BCUT2D eigenvalue weighted by atomic mass is 19.1. The molecule has 0 fully saturated rings. The van der Waals surface area contributed by atoms with E-state index in [1.54, 1.807) is 40.9 Å². The molecule has 0 saturated heterocycles. The summed E-state index contributed by atoms with van der Waals surface area (Å²) < 4.78 is 15.1. The van der Waals surface area contributed by atoms with Gasteiger partial charge in [0.05, 0.1) is 16.8 Å². The number of carbonyl (C=O) groups excluding carboxylic acids is 2. The van der Waals surface area contributed by atoms with E-state index in [4.69, 9.17) is 11.5 Å². The van der Waals surface area contributed by atoms with E-state index in [1.165, 1.54) is 12.1 Å². The van der Waals surface area contributed by atoms with Crippen LogP contribution in [0, 0.1) is 12.7 Å². The molecular weight excluding hydrogens is 401 g/mol. The van der Waals surface area contributed by atoms with Gasteiger partial charge < -0.3 is 21.2 Å². The van der Waals surface area contributed by atoms with E-state index in [1.807, 2.05) is 6.92 Å². The molecule has 0 unspecified atom stereocenters. The molecule has 0 spiro atoms. The van der Waals surface area contributed by atoms with E-state index in [2.05, 4.69) is 20.3 Å². The quantitative estimate of drug-likeness (QED) is 0.437. The van der Waals surface area contributed by atoms with Gasteiger partial charge in [0.2, 0.25) is 11.8 Å². The summed E-state index contributed by atoms with van der Waals surface area (Å²) in [5.41, 5.74) is 13.8. The van der Waals surface area contributed by atoms with Crippen LogP contribution in [0.5, 0.6) is 0 Å². The van der Waals surface area contributed by atoms with Gasteiger partial charge in [0.15, 0.2) is 5.82 Å². The van der Waals surface area contributed by atoms with Crippen molar-refractivity contribution in [1.82, 2.24) is 19.4 Å². The number of nitrogens with one attached hydrogen (secondary N) is 1. The summed E-state index contributed by atoms with van der Waals surface area (Å²) in [5, 5.41) is 2.96. The first kappa shape index (κ1) is 20.0. The molecule has 156 valence electrons. The first-order chi connectivity index (χ1) is 14.8. The van der Waals surface area contributed by atoms with Crippen molar-refractivity contribution in [2.75, 3.05) is 5.32 Å². The Bertz CT molecular complexity index is 1330. The summed E-state index contributed by atoms with van der Waals surface area (Å²) in [4.78, 5) is 36.2. The molecule has 31 heavy (non-hydrogen) atoms. The normalized spacial score (nSPS) is 10.9. The number of hydrogen-bond donors (Lipinski definition) is 3. The van der Waals surface area contributed by atoms with Gasteiger partial charge in [-0.25, -0.2) is 9.37 Å². The first-order valence-electron chi connectivity index (χ1n) is 9.28. The second-order valence-electron chi connectivity index (χ2n) is 6.87. The van der Waals surface area contributed by atoms with Crippen molar-refractivity contribution >= 4 is 23.3 Å². The lowest BCUT2D eigenvalue weighted by atomic mass is 10.2. The Hall–Kier alpha value is -4.34. The number of anilines is 1. The zero-order chi connectivity index (χ0) is 22.1. The van der Waals surface area contributed by atoms with Gasteiger partial charge in [0.25, 0.3) is 11.8 Å². The molecule has 0 saturated carbocycles. The van der Waals surface area contributed by atoms with Crippen molar-refractivity contribution in [3.63, 3.8) is 0 Å². The minimum atomic E-state index is -0.825. The molecular formula is C21H18FN7O2. The molecule has 9 nitrogen and oxygen atoms in total. The maximum atomic E-state index is 13.4. The van der Waals surface area contributed by atoms with Gasteiger partial charge in [0, 0.05) is 12.7 Å². The number of amides is 2. The van der Waals surface area contributed by atoms with Crippen molar-refractivity contribution in [1.29, 1.82) is 0 Å². The number of pyridine rings is 1.